The van der Waals surface area contributed by atoms with E-state index in [4.69, 9.17) is 4.98 Å². The zero-order chi connectivity index (χ0) is 18.2. The molecule has 0 spiro atoms. The summed E-state index contributed by atoms with van der Waals surface area (Å²) >= 11 is 0. The van der Waals surface area contributed by atoms with Crippen molar-refractivity contribution < 1.29 is 18.9 Å². The minimum atomic E-state index is -1.92. The third kappa shape index (κ3) is 4.71. The van der Waals surface area contributed by atoms with Crippen LogP contribution in [0.3, 0.4) is 0 Å². The van der Waals surface area contributed by atoms with Gasteiger partial charge in [-0.05, 0) is 20.1 Å². The van der Waals surface area contributed by atoms with Crippen LogP contribution in [-0.2, 0) is 0 Å². The second-order valence-corrected chi connectivity index (χ2v) is 15.1. The molecule has 0 radical (unpaired) electrons. The van der Waals surface area contributed by atoms with Crippen molar-refractivity contribution in [2.24, 2.45) is 0 Å². The van der Waals surface area contributed by atoms with Crippen LogP contribution in [0, 0.1) is 0 Å². The summed E-state index contributed by atoms with van der Waals surface area (Å²) in [4.78, 5) is 5.61. The molecule has 1 rings (SSSR count). The van der Waals surface area contributed by atoms with Crippen LogP contribution in [0.5, 0.6) is 0 Å². The van der Waals surface area contributed by atoms with Gasteiger partial charge in [-0.3, -0.25) is 0 Å². The van der Waals surface area contributed by atoms with E-state index in [1.807, 2.05) is 0 Å². The first-order chi connectivity index (χ1) is 10.2. The zero-order valence-electron chi connectivity index (χ0n) is 18.3. The van der Waals surface area contributed by atoms with E-state index in [0.717, 1.165) is 0 Å². The summed E-state index contributed by atoms with van der Waals surface area (Å²) in [5.74, 6) is 1.01. The average Bonchev–Trinajstić information content (AvgIpc) is 2.35. The molecule has 1 aromatic rings. The van der Waals surface area contributed by atoms with Crippen molar-refractivity contribution in [2.75, 3.05) is 0 Å². The molecule has 0 N–H and O–H groups in total. The third-order valence-electron chi connectivity index (χ3n) is 5.60. The summed E-state index contributed by atoms with van der Waals surface area (Å²) in [5, 5.41) is 0.452. The van der Waals surface area contributed by atoms with Crippen molar-refractivity contribution >= 4 is 13.9 Å². The van der Waals surface area contributed by atoms with Gasteiger partial charge >= 0.3 is 18.9 Å². The molecule has 0 atom stereocenters. The van der Waals surface area contributed by atoms with E-state index >= 15 is 0 Å². The molecule has 0 bridgehead atoms. The van der Waals surface area contributed by atoms with E-state index in [1.54, 1.807) is 0 Å². The second-order valence-electron chi connectivity index (χ2n) is 9.78. The quantitative estimate of drug-likeness (QED) is 0.676. The molecule has 3 heteroatoms. The summed E-state index contributed by atoms with van der Waals surface area (Å²) in [7, 11) is -1.92. The fourth-order valence-corrected chi connectivity index (χ4v) is 6.95. The van der Waals surface area contributed by atoms with E-state index < -0.39 is 8.24 Å². The Morgan fingerprint density at radius 1 is 0.792 bits per heavy atom. The molecule has 0 unspecified atom stereocenters. The van der Waals surface area contributed by atoms with Crippen LogP contribution in [0.15, 0.2) is 18.2 Å². The Bertz CT molecular complexity index is 496. The molecule has 1 nitrogen and oxygen atoms in total. The molecule has 132 valence electrons. The fraction of sp³-hybridized carbons (Fsp3) is 0.714. The summed E-state index contributed by atoms with van der Waals surface area (Å²) in [6, 6.07) is 6.75. The zero-order valence-corrected chi connectivity index (χ0v) is 19.3. The molecule has 0 aliphatic heterocycles. The molecular formula is C21H38LiNSi. The molecule has 0 heterocycles. The summed E-state index contributed by atoms with van der Waals surface area (Å²) in [6.45, 7) is 25.9. The van der Waals surface area contributed by atoms with Crippen LogP contribution in [0.4, 0.5) is 5.69 Å². The maximum Gasteiger partial charge on any atom is 1.00 e. The summed E-state index contributed by atoms with van der Waals surface area (Å²) in [6.07, 6.45) is 0. The Hall–Kier alpha value is -0.166. The largest absolute Gasteiger partial charge is 1.00 e. The van der Waals surface area contributed by atoms with Crippen molar-refractivity contribution in [1.82, 2.24) is 0 Å². The maximum absolute atomic E-state index is 5.61. The molecule has 0 aliphatic carbocycles. The van der Waals surface area contributed by atoms with Gasteiger partial charge in [-0.1, -0.05) is 115 Å². The molecule has 0 aliphatic rings. The van der Waals surface area contributed by atoms with E-state index in [0.29, 0.717) is 11.8 Å². The van der Waals surface area contributed by atoms with Gasteiger partial charge in [0.05, 0.1) is 0 Å². The van der Waals surface area contributed by atoms with E-state index in [2.05, 4.69) is 94.0 Å². The molecule has 24 heavy (non-hydrogen) atoms. The van der Waals surface area contributed by atoms with Crippen molar-refractivity contribution in [3.8, 4) is 0 Å². The number of hydrogen-bond acceptors (Lipinski definition) is 0. The van der Waals surface area contributed by atoms with E-state index in [-0.39, 0.29) is 28.9 Å². The van der Waals surface area contributed by atoms with Gasteiger partial charge in [-0.2, -0.15) is 0 Å². The van der Waals surface area contributed by atoms with Gasteiger partial charge in [0.15, 0.2) is 0 Å². The first-order valence-corrected chi connectivity index (χ1v) is 11.5. The molecule has 0 aromatic heterocycles. The predicted octanol–water partition coefficient (Wildman–Crippen LogP) is 5.12. The summed E-state index contributed by atoms with van der Waals surface area (Å²) in [5.41, 5.74) is 4.10. The van der Waals surface area contributed by atoms with Gasteiger partial charge in [0.1, 0.15) is 0 Å². The first-order valence-electron chi connectivity index (χ1n) is 9.08. The van der Waals surface area contributed by atoms with Gasteiger partial charge < -0.3 is 4.98 Å². The third-order valence-corrected chi connectivity index (χ3v) is 12.1. The van der Waals surface area contributed by atoms with Crippen LogP contribution in [0.1, 0.15) is 92.2 Å². The van der Waals surface area contributed by atoms with Gasteiger partial charge in [0.25, 0.3) is 0 Å². The van der Waals surface area contributed by atoms with Crippen LogP contribution in [0.25, 0.3) is 4.98 Å². The Labute approximate surface area is 164 Å². The topological polar surface area (TPSA) is 14.1 Å². The van der Waals surface area contributed by atoms with Gasteiger partial charge in [0, 0.05) is 0 Å². The summed E-state index contributed by atoms with van der Waals surface area (Å²) < 4.78 is 0. The average molecular weight is 340 g/mol. The Balaban J connectivity index is 0.00000529. The van der Waals surface area contributed by atoms with Crippen LogP contribution >= 0.6 is 0 Å². The molecule has 0 amide bonds. The van der Waals surface area contributed by atoms with Crippen molar-refractivity contribution in [1.29, 1.82) is 0 Å². The van der Waals surface area contributed by atoms with Crippen LogP contribution < -0.4 is 18.9 Å². The predicted molar refractivity (Wildman–Crippen MR) is 109 cm³/mol. The van der Waals surface area contributed by atoms with Gasteiger partial charge in [0.2, 0.25) is 0 Å². The normalized spacial score (nSPS) is 13.2. The number of benzene rings is 1. The minimum absolute atomic E-state index is 0. The first kappa shape index (κ1) is 23.8. The van der Waals surface area contributed by atoms with E-state index in [9.17, 15) is 0 Å². The SMILES string of the molecule is CC(C)c1cccc(C(C)C)c1[N-][Si](C)(C(C)(C)C)C(C)(C)C.[Li+]. The van der Waals surface area contributed by atoms with Crippen molar-refractivity contribution in [3.63, 3.8) is 0 Å². The van der Waals surface area contributed by atoms with Crippen LogP contribution in [0.2, 0.25) is 16.6 Å². The van der Waals surface area contributed by atoms with Gasteiger partial charge in [-0.25, -0.2) is 0 Å². The monoisotopic (exact) mass is 339 g/mol. The number of hydrogen-bond donors (Lipinski definition) is 0. The molecule has 0 saturated heterocycles. The molecule has 0 fully saturated rings. The maximum atomic E-state index is 5.61. The number of rotatable bonds is 4. The standard InChI is InChI=1S/C21H38NSi.Li/c1-15(2)17-13-12-14-18(16(3)4)19(17)22-23(11,20(5,6)7)21(8,9)10;/h12-16H,1-11H3;/q-1;+1. The van der Waals surface area contributed by atoms with Crippen LogP contribution in [-0.4, -0.2) is 8.24 Å². The fourth-order valence-electron chi connectivity index (χ4n) is 3.32. The molecular weight excluding hydrogens is 301 g/mol. The number of nitrogens with zero attached hydrogens (tertiary/aromatic N) is 1. The molecule has 0 saturated carbocycles. The Morgan fingerprint density at radius 3 is 1.38 bits per heavy atom. The van der Waals surface area contributed by atoms with Crippen molar-refractivity contribution in [3.05, 3.63) is 34.3 Å². The Morgan fingerprint density at radius 2 is 1.12 bits per heavy atom. The molecule has 1 aromatic carbocycles. The minimum Gasteiger partial charge on any atom is -0.686 e. The Kier molecular flexibility index (Phi) is 7.97. The van der Waals surface area contributed by atoms with E-state index in [1.165, 1.54) is 16.8 Å². The smallest absolute Gasteiger partial charge is 0.686 e. The van der Waals surface area contributed by atoms with Crippen molar-refractivity contribution in [2.45, 2.75) is 97.7 Å². The van der Waals surface area contributed by atoms with Gasteiger partial charge in [-0.15, -0.1) is 5.69 Å². The second kappa shape index (κ2) is 8.02.